The van der Waals surface area contributed by atoms with Gasteiger partial charge in [0.15, 0.2) is 0 Å². The van der Waals surface area contributed by atoms with Gasteiger partial charge in [0.05, 0.1) is 11.8 Å². The molecule has 1 heterocycles. The monoisotopic (exact) mass is 278 g/mol. The Bertz CT molecular complexity index is 428. The minimum absolute atomic E-state index is 0.0962. The maximum Gasteiger partial charge on any atom is 0.142 e. The van der Waals surface area contributed by atoms with Crippen molar-refractivity contribution in [2.24, 2.45) is 5.73 Å². The maximum absolute atomic E-state index is 5.98. The van der Waals surface area contributed by atoms with Crippen molar-refractivity contribution in [3.63, 3.8) is 0 Å². The molecule has 0 amide bonds. The summed E-state index contributed by atoms with van der Waals surface area (Å²) in [6.07, 6.45) is 2.18. The number of piperidine rings is 1. The number of benzene rings is 1. The zero-order valence-corrected chi connectivity index (χ0v) is 12.8. The van der Waals surface area contributed by atoms with Crippen molar-refractivity contribution in [1.29, 1.82) is 0 Å². The summed E-state index contributed by atoms with van der Waals surface area (Å²) in [7, 11) is 1.70. The molecule has 1 aromatic rings. The summed E-state index contributed by atoms with van der Waals surface area (Å²) in [5, 5.41) is 0. The third-order valence-corrected chi connectivity index (χ3v) is 3.87. The van der Waals surface area contributed by atoms with Gasteiger partial charge in [0.1, 0.15) is 12.4 Å². The van der Waals surface area contributed by atoms with E-state index in [1.54, 1.807) is 7.11 Å². The van der Waals surface area contributed by atoms with E-state index in [9.17, 15) is 0 Å². The van der Waals surface area contributed by atoms with E-state index in [4.69, 9.17) is 15.2 Å². The topological polar surface area (TPSA) is 47.7 Å². The second kappa shape index (κ2) is 6.95. The molecule has 1 aromatic carbocycles. The van der Waals surface area contributed by atoms with Gasteiger partial charge >= 0.3 is 0 Å². The Morgan fingerprint density at radius 1 is 1.35 bits per heavy atom. The Labute approximate surface area is 121 Å². The van der Waals surface area contributed by atoms with Crippen molar-refractivity contribution in [3.8, 4) is 5.75 Å². The molecule has 1 saturated heterocycles. The molecule has 0 saturated carbocycles. The SMILES string of the molecule is COC(C)COc1ccc(C)cc1N1CCC(N)CC1. The van der Waals surface area contributed by atoms with Crippen LogP contribution in [0.3, 0.4) is 0 Å². The predicted molar refractivity (Wildman–Crippen MR) is 82.6 cm³/mol. The number of hydrogen-bond donors (Lipinski definition) is 1. The number of hydrogen-bond acceptors (Lipinski definition) is 4. The first-order valence-electron chi connectivity index (χ1n) is 7.37. The number of aryl methyl sites for hydroxylation is 1. The quantitative estimate of drug-likeness (QED) is 0.898. The number of ether oxygens (including phenoxy) is 2. The van der Waals surface area contributed by atoms with E-state index >= 15 is 0 Å². The molecule has 0 aromatic heterocycles. The third kappa shape index (κ3) is 3.87. The van der Waals surface area contributed by atoms with Crippen LogP contribution >= 0.6 is 0 Å². The average molecular weight is 278 g/mol. The molecule has 4 nitrogen and oxygen atoms in total. The molecule has 2 N–H and O–H groups in total. The van der Waals surface area contributed by atoms with Gasteiger partial charge in [-0.1, -0.05) is 6.07 Å². The first-order chi connectivity index (χ1) is 9.60. The second-order valence-corrected chi connectivity index (χ2v) is 5.65. The molecule has 112 valence electrons. The van der Waals surface area contributed by atoms with Crippen LogP contribution in [0.2, 0.25) is 0 Å². The van der Waals surface area contributed by atoms with Crippen LogP contribution in [0.15, 0.2) is 18.2 Å². The van der Waals surface area contributed by atoms with Crippen LogP contribution in [-0.2, 0) is 4.74 Å². The molecular weight excluding hydrogens is 252 g/mol. The lowest BCUT2D eigenvalue weighted by Gasteiger charge is -2.33. The number of nitrogens with two attached hydrogens (primary N) is 1. The lowest BCUT2D eigenvalue weighted by atomic mass is 10.0. The summed E-state index contributed by atoms with van der Waals surface area (Å²) in [4.78, 5) is 2.38. The average Bonchev–Trinajstić information content (AvgIpc) is 2.46. The van der Waals surface area contributed by atoms with Crippen LogP contribution in [0, 0.1) is 6.92 Å². The first kappa shape index (κ1) is 15.1. The van der Waals surface area contributed by atoms with E-state index in [0.29, 0.717) is 12.6 Å². The summed E-state index contributed by atoms with van der Waals surface area (Å²) >= 11 is 0. The zero-order valence-electron chi connectivity index (χ0n) is 12.8. The van der Waals surface area contributed by atoms with Gasteiger partial charge in [-0.25, -0.2) is 0 Å². The molecule has 1 fully saturated rings. The van der Waals surface area contributed by atoms with Crippen molar-refractivity contribution in [2.45, 2.75) is 38.8 Å². The Kier molecular flexibility index (Phi) is 5.26. The Morgan fingerprint density at radius 3 is 2.70 bits per heavy atom. The summed E-state index contributed by atoms with van der Waals surface area (Å²) in [6, 6.07) is 6.69. The predicted octanol–water partition coefficient (Wildman–Crippen LogP) is 2.34. The second-order valence-electron chi connectivity index (χ2n) is 5.65. The van der Waals surface area contributed by atoms with Gasteiger partial charge in [-0.2, -0.15) is 0 Å². The third-order valence-electron chi connectivity index (χ3n) is 3.87. The van der Waals surface area contributed by atoms with E-state index in [1.165, 1.54) is 11.3 Å². The fourth-order valence-corrected chi connectivity index (χ4v) is 2.41. The van der Waals surface area contributed by atoms with Crippen molar-refractivity contribution < 1.29 is 9.47 Å². The fourth-order valence-electron chi connectivity index (χ4n) is 2.41. The molecule has 0 radical (unpaired) electrons. The highest BCUT2D eigenvalue weighted by Crippen LogP contribution is 2.31. The molecular formula is C16H26N2O2. The highest BCUT2D eigenvalue weighted by atomic mass is 16.5. The summed E-state index contributed by atoms with van der Waals surface area (Å²) < 4.78 is 11.2. The summed E-state index contributed by atoms with van der Waals surface area (Å²) in [6.45, 7) is 6.69. The summed E-state index contributed by atoms with van der Waals surface area (Å²) in [5.41, 5.74) is 8.42. The lowest BCUT2D eigenvalue weighted by molar-refractivity contribution is 0.0718. The molecule has 1 aliphatic rings. The van der Waals surface area contributed by atoms with E-state index in [1.807, 2.05) is 6.92 Å². The molecule has 4 heteroatoms. The molecule has 1 aliphatic heterocycles. The molecule has 1 atom stereocenters. The van der Waals surface area contributed by atoms with Crippen LogP contribution in [0.5, 0.6) is 5.75 Å². The van der Waals surface area contributed by atoms with Gasteiger partial charge in [-0.3, -0.25) is 0 Å². The highest BCUT2D eigenvalue weighted by molar-refractivity contribution is 5.60. The van der Waals surface area contributed by atoms with E-state index in [2.05, 4.69) is 30.0 Å². The van der Waals surface area contributed by atoms with Gasteiger partial charge in [-0.05, 0) is 44.4 Å². The molecule has 2 rings (SSSR count). The van der Waals surface area contributed by atoms with Crippen molar-refractivity contribution in [3.05, 3.63) is 23.8 Å². The summed E-state index contributed by atoms with van der Waals surface area (Å²) in [5.74, 6) is 0.940. The molecule has 0 spiro atoms. The minimum Gasteiger partial charge on any atom is -0.489 e. The van der Waals surface area contributed by atoms with Crippen molar-refractivity contribution in [2.75, 3.05) is 31.7 Å². The highest BCUT2D eigenvalue weighted by Gasteiger charge is 2.19. The van der Waals surface area contributed by atoms with E-state index in [-0.39, 0.29) is 6.10 Å². The first-order valence-corrected chi connectivity index (χ1v) is 7.37. The van der Waals surface area contributed by atoms with Crippen LogP contribution in [0.4, 0.5) is 5.69 Å². The van der Waals surface area contributed by atoms with E-state index < -0.39 is 0 Å². The fraction of sp³-hybridized carbons (Fsp3) is 0.625. The maximum atomic E-state index is 5.98. The lowest BCUT2D eigenvalue weighted by Crippen LogP contribution is -2.39. The van der Waals surface area contributed by atoms with E-state index in [0.717, 1.165) is 31.7 Å². The Hall–Kier alpha value is -1.26. The van der Waals surface area contributed by atoms with Crippen molar-refractivity contribution in [1.82, 2.24) is 0 Å². The van der Waals surface area contributed by atoms with Crippen LogP contribution in [-0.4, -0.2) is 39.0 Å². The van der Waals surface area contributed by atoms with Crippen LogP contribution < -0.4 is 15.4 Å². The molecule has 0 bridgehead atoms. The Balaban J connectivity index is 2.11. The van der Waals surface area contributed by atoms with Gasteiger partial charge in [0, 0.05) is 26.2 Å². The van der Waals surface area contributed by atoms with Gasteiger partial charge in [0.2, 0.25) is 0 Å². The largest absolute Gasteiger partial charge is 0.489 e. The number of methoxy groups -OCH3 is 1. The smallest absolute Gasteiger partial charge is 0.142 e. The van der Waals surface area contributed by atoms with Crippen LogP contribution in [0.1, 0.15) is 25.3 Å². The van der Waals surface area contributed by atoms with Crippen molar-refractivity contribution >= 4 is 5.69 Å². The molecule has 0 aliphatic carbocycles. The van der Waals surface area contributed by atoms with Gasteiger partial charge in [-0.15, -0.1) is 0 Å². The normalized spacial score (nSPS) is 18.1. The minimum atomic E-state index is 0.0962. The molecule has 20 heavy (non-hydrogen) atoms. The zero-order chi connectivity index (χ0) is 14.5. The number of anilines is 1. The van der Waals surface area contributed by atoms with Crippen LogP contribution in [0.25, 0.3) is 0 Å². The van der Waals surface area contributed by atoms with Gasteiger partial charge < -0.3 is 20.1 Å². The standard InChI is InChI=1S/C16H26N2O2/c1-12-4-5-16(20-11-13(2)19-3)15(10-12)18-8-6-14(17)7-9-18/h4-5,10,13-14H,6-9,11,17H2,1-3H3. The molecule has 1 unspecified atom stereocenters. The number of nitrogens with zero attached hydrogens (tertiary/aromatic N) is 1. The Morgan fingerprint density at radius 2 is 2.05 bits per heavy atom. The number of rotatable bonds is 5. The van der Waals surface area contributed by atoms with Gasteiger partial charge in [0.25, 0.3) is 0 Å².